The number of aryl methyl sites for hydroxylation is 1. The van der Waals surface area contributed by atoms with E-state index in [9.17, 15) is 14.4 Å². The molecule has 0 aromatic heterocycles. The number of amides is 4. The molecule has 162 valence electrons. The van der Waals surface area contributed by atoms with Gasteiger partial charge < -0.3 is 10.6 Å². The maximum Gasteiger partial charge on any atom is 0.325 e. The number of imide groups is 1. The molecule has 2 N–H and O–H groups in total. The van der Waals surface area contributed by atoms with E-state index >= 15 is 0 Å². The molecule has 3 aromatic carbocycles. The molecule has 2 atom stereocenters. The second kappa shape index (κ2) is 7.79. The highest BCUT2D eigenvalue weighted by Crippen LogP contribution is 2.39. The van der Waals surface area contributed by atoms with E-state index in [4.69, 9.17) is 0 Å². The van der Waals surface area contributed by atoms with Crippen molar-refractivity contribution in [3.8, 4) is 0 Å². The van der Waals surface area contributed by atoms with Gasteiger partial charge in [0.2, 0.25) is 5.91 Å². The molecule has 3 aromatic rings. The lowest BCUT2D eigenvalue weighted by molar-refractivity contribution is -0.135. The largest absolute Gasteiger partial charge is 0.348 e. The second-order valence-corrected chi connectivity index (χ2v) is 8.63. The number of hydrogen-bond donors (Lipinski definition) is 2. The van der Waals surface area contributed by atoms with Gasteiger partial charge in [-0.3, -0.25) is 14.5 Å². The first-order chi connectivity index (χ1) is 15.5. The molecular weight excluding hydrogens is 402 g/mol. The van der Waals surface area contributed by atoms with Crippen molar-refractivity contribution in [2.75, 3.05) is 6.54 Å². The molecule has 4 amide bonds. The standard InChI is InChI=1S/C26H25N3O3/c1-17(20-13-12-18-7-2-3-9-21(18)15-20)27-23(30)16-29-24(31)26(28-25(29)32)14-6-10-19-8-4-5-11-22(19)26/h2-5,7-9,11-13,15,17H,6,10,14,16H2,1H3,(H,27,30)(H,28,32). The summed E-state index contributed by atoms with van der Waals surface area (Å²) in [5, 5.41) is 8.05. The van der Waals surface area contributed by atoms with Crippen LogP contribution in [0.4, 0.5) is 4.79 Å². The molecule has 1 fully saturated rings. The Balaban J connectivity index is 1.31. The zero-order valence-electron chi connectivity index (χ0n) is 17.9. The summed E-state index contributed by atoms with van der Waals surface area (Å²) in [6, 6.07) is 21.0. The fourth-order valence-electron chi connectivity index (χ4n) is 4.95. The third-order valence-electron chi connectivity index (χ3n) is 6.60. The predicted octanol–water partition coefficient (Wildman–Crippen LogP) is 3.80. The summed E-state index contributed by atoms with van der Waals surface area (Å²) in [6.45, 7) is 1.60. The van der Waals surface area contributed by atoms with Gasteiger partial charge in [0.15, 0.2) is 0 Å². The zero-order chi connectivity index (χ0) is 22.3. The third kappa shape index (κ3) is 3.32. The van der Waals surface area contributed by atoms with E-state index in [1.807, 2.05) is 73.7 Å². The maximum absolute atomic E-state index is 13.4. The van der Waals surface area contributed by atoms with Gasteiger partial charge in [-0.15, -0.1) is 0 Å². The van der Waals surface area contributed by atoms with Gasteiger partial charge in [0.25, 0.3) is 5.91 Å². The van der Waals surface area contributed by atoms with Gasteiger partial charge in [-0.25, -0.2) is 4.79 Å². The van der Waals surface area contributed by atoms with E-state index in [2.05, 4.69) is 10.6 Å². The number of benzene rings is 3. The Hall–Kier alpha value is -3.67. The van der Waals surface area contributed by atoms with Crippen LogP contribution in [0, 0.1) is 0 Å². The van der Waals surface area contributed by atoms with Crippen LogP contribution in [0.3, 0.4) is 0 Å². The Bertz CT molecular complexity index is 1240. The third-order valence-corrected chi connectivity index (χ3v) is 6.60. The molecule has 6 heteroatoms. The van der Waals surface area contributed by atoms with Crippen molar-refractivity contribution in [3.05, 3.63) is 83.4 Å². The molecule has 1 aliphatic heterocycles. The quantitative estimate of drug-likeness (QED) is 0.622. The van der Waals surface area contributed by atoms with Gasteiger partial charge in [-0.05, 0) is 59.7 Å². The second-order valence-electron chi connectivity index (χ2n) is 8.63. The number of hydrogen-bond acceptors (Lipinski definition) is 3. The minimum absolute atomic E-state index is 0.253. The highest BCUT2D eigenvalue weighted by molar-refractivity contribution is 6.09. The van der Waals surface area contributed by atoms with E-state index in [1.165, 1.54) is 0 Å². The molecule has 1 heterocycles. The summed E-state index contributed by atoms with van der Waals surface area (Å²) < 4.78 is 0. The molecule has 2 aliphatic rings. The first-order valence-corrected chi connectivity index (χ1v) is 11.0. The Morgan fingerprint density at radius 3 is 2.66 bits per heavy atom. The van der Waals surface area contributed by atoms with Gasteiger partial charge in [0, 0.05) is 0 Å². The Morgan fingerprint density at radius 2 is 1.81 bits per heavy atom. The van der Waals surface area contributed by atoms with Crippen LogP contribution in [0.15, 0.2) is 66.7 Å². The Morgan fingerprint density at radius 1 is 1.06 bits per heavy atom. The molecule has 0 bridgehead atoms. The fraction of sp³-hybridized carbons (Fsp3) is 0.269. The first kappa shape index (κ1) is 20.2. The van der Waals surface area contributed by atoms with Gasteiger partial charge >= 0.3 is 6.03 Å². The predicted molar refractivity (Wildman–Crippen MR) is 122 cm³/mol. The maximum atomic E-state index is 13.4. The molecule has 1 aliphatic carbocycles. The first-order valence-electron chi connectivity index (χ1n) is 11.0. The van der Waals surface area contributed by atoms with Gasteiger partial charge in [-0.2, -0.15) is 0 Å². The van der Waals surface area contributed by atoms with Gasteiger partial charge in [0.1, 0.15) is 12.1 Å². The number of carbonyl (C=O) groups is 3. The van der Waals surface area contributed by atoms with Crippen LogP contribution in [0.2, 0.25) is 0 Å². The summed E-state index contributed by atoms with van der Waals surface area (Å²) in [7, 11) is 0. The molecular formula is C26H25N3O3. The normalized spacial score (nSPS) is 20.8. The summed E-state index contributed by atoms with van der Waals surface area (Å²) in [5.74, 6) is -0.710. The van der Waals surface area contributed by atoms with Crippen molar-refractivity contribution >= 4 is 28.6 Å². The van der Waals surface area contributed by atoms with E-state index < -0.39 is 11.6 Å². The van der Waals surface area contributed by atoms with Crippen molar-refractivity contribution in [1.82, 2.24) is 15.5 Å². The highest BCUT2D eigenvalue weighted by atomic mass is 16.2. The summed E-state index contributed by atoms with van der Waals surface area (Å²) in [5.41, 5.74) is 1.82. The van der Waals surface area contributed by atoms with E-state index in [1.54, 1.807) is 0 Å². The SMILES string of the molecule is CC(NC(=O)CN1C(=O)NC2(CCCc3ccccc32)C1=O)c1ccc2ccccc2c1. The number of fused-ring (bicyclic) bond motifs is 3. The number of nitrogens with one attached hydrogen (secondary N) is 2. The van der Waals surface area contributed by atoms with Crippen LogP contribution in [-0.2, 0) is 21.5 Å². The topological polar surface area (TPSA) is 78.5 Å². The molecule has 32 heavy (non-hydrogen) atoms. The van der Waals surface area contributed by atoms with E-state index in [0.29, 0.717) is 6.42 Å². The van der Waals surface area contributed by atoms with Crippen LogP contribution in [0.1, 0.15) is 42.5 Å². The van der Waals surface area contributed by atoms with Gasteiger partial charge in [-0.1, -0.05) is 60.7 Å². The highest BCUT2D eigenvalue weighted by Gasteiger charge is 2.54. The van der Waals surface area contributed by atoms with Crippen molar-refractivity contribution in [3.63, 3.8) is 0 Å². The van der Waals surface area contributed by atoms with Crippen LogP contribution in [-0.4, -0.2) is 29.3 Å². The minimum atomic E-state index is -1.06. The van der Waals surface area contributed by atoms with Crippen LogP contribution >= 0.6 is 0 Å². The Labute approximate surface area is 186 Å². The number of rotatable bonds is 4. The summed E-state index contributed by atoms with van der Waals surface area (Å²) >= 11 is 0. The monoisotopic (exact) mass is 427 g/mol. The van der Waals surface area contributed by atoms with Crippen molar-refractivity contribution in [1.29, 1.82) is 0 Å². The minimum Gasteiger partial charge on any atom is -0.348 e. The molecule has 1 saturated heterocycles. The number of urea groups is 1. The van der Waals surface area contributed by atoms with E-state index in [-0.39, 0.29) is 24.4 Å². The molecule has 0 saturated carbocycles. The zero-order valence-corrected chi connectivity index (χ0v) is 17.9. The fourth-order valence-corrected chi connectivity index (χ4v) is 4.95. The number of nitrogens with zero attached hydrogens (tertiary/aromatic N) is 1. The van der Waals surface area contributed by atoms with Crippen molar-refractivity contribution < 1.29 is 14.4 Å². The van der Waals surface area contributed by atoms with Crippen LogP contribution < -0.4 is 10.6 Å². The van der Waals surface area contributed by atoms with Crippen molar-refractivity contribution in [2.45, 2.75) is 37.8 Å². The van der Waals surface area contributed by atoms with Crippen molar-refractivity contribution in [2.24, 2.45) is 0 Å². The molecule has 5 rings (SSSR count). The Kier molecular flexibility index (Phi) is 4.93. The average Bonchev–Trinajstić information content (AvgIpc) is 3.03. The molecule has 1 spiro atoms. The van der Waals surface area contributed by atoms with Gasteiger partial charge in [0.05, 0.1) is 6.04 Å². The molecule has 0 radical (unpaired) electrons. The van der Waals surface area contributed by atoms with E-state index in [0.717, 1.165) is 45.2 Å². The number of carbonyl (C=O) groups excluding carboxylic acids is 3. The molecule has 6 nitrogen and oxygen atoms in total. The lowest BCUT2D eigenvalue weighted by Crippen LogP contribution is -2.47. The van der Waals surface area contributed by atoms with Crippen LogP contribution in [0.25, 0.3) is 10.8 Å². The average molecular weight is 428 g/mol. The molecule has 2 unspecified atom stereocenters. The lowest BCUT2D eigenvalue weighted by Gasteiger charge is -2.33. The van der Waals surface area contributed by atoms with Crippen LogP contribution in [0.5, 0.6) is 0 Å². The lowest BCUT2D eigenvalue weighted by atomic mass is 9.76. The summed E-state index contributed by atoms with van der Waals surface area (Å²) in [6.07, 6.45) is 2.23. The smallest absolute Gasteiger partial charge is 0.325 e. The summed E-state index contributed by atoms with van der Waals surface area (Å²) in [4.78, 5) is 39.9.